The fourth-order valence-corrected chi connectivity index (χ4v) is 2.32. The summed E-state index contributed by atoms with van der Waals surface area (Å²) in [5.74, 6) is -0.785. The fourth-order valence-electron chi connectivity index (χ4n) is 2.02. The second-order valence-corrected chi connectivity index (χ2v) is 5.43. The molecule has 2 rings (SSSR count). The second-order valence-electron chi connectivity index (χ2n) is 4.28. The summed E-state index contributed by atoms with van der Waals surface area (Å²) >= 11 is 0. The molecule has 19 heavy (non-hydrogen) atoms. The van der Waals surface area contributed by atoms with Crippen LogP contribution in [0.25, 0.3) is 0 Å². The van der Waals surface area contributed by atoms with Gasteiger partial charge in [-0.05, 0) is 31.4 Å². The number of fused-ring (bicyclic) bond motifs is 1. The number of hydrogen-bond acceptors (Lipinski definition) is 6. The maximum Gasteiger partial charge on any atom is 0.382 e. The van der Waals surface area contributed by atoms with E-state index in [2.05, 4.69) is 9.32 Å². The van der Waals surface area contributed by atoms with Crippen LogP contribution in [-0.4, -0.2) is 21.0 Å². The lowest BCUT2D eigenvalue weighted by molar-refractivity contribution is 0.0741. The third-order valence-electron chi connectivity index (χ3n) is 2.86. The summed E-state index contributed by atoms with van der Waals surface area (Å²) in [5, 5.41) is 4.68. The highest BCUT2D eigenvalue weighted by Crippen LogP contribution is 2.36. The molecule has 0 aliphatic carbocycles. The Labute approximate surface area is 110 Å². The van der Waals surface area contributed by atoms with Crippen molar-refractivity contribution in [3.8, 4) is 5.75 Å². The fraction of sp³-hybridized carbons (Fsp3) is 0.364. The summed E-state index contributed by atoms with van der Waals surface area (Å²) < 4.78 is 31.2. The predicted molar refractivity (Wildman–Crippen MR) is 67.9 cm³/mol. The molecule has 4 N–H and O–H groups in total. The zero-order valence-corrected chi connectivity index (χ0v) is 11.1. The molecule has 0 atom stereocenters. The van der Waals surface area contributed by atoms with Crippen LogP contribution in [0.15, 0.2) is 6.07 Å². The summed E-state index contributed by atoms with van der Waals surface area (Å²) in [6.45, 7) is 2.16. The number of ether oxygens (including phenoxy) is 1. The van der Waals surface area contributed by atoms with Gasteiger partial charge in [0.15, 0.2) is 0 Å². The number of carbonyl (C=O) groups excluding carboxylic acids is 1. The van der Waals surface area contributed by atoms with Crippen molar-refractivity contribution in [3.63, 3.8) is 0 Å². The van der Waals surface area contributed by atoms with Gasteiger partial charge < -0.3 is 14.7 Å². The Balaban J connectivity index is 2.52. The van der Waals surface area contributed by atoms with E-state index in [9.17, 15) is 13.2 Å². The van der Waals surface area contributed by atoms with E-state index in [1.807, 2.05) is 0 Å². The smallest absolute Gasteiger partial charge is 0.382 e. The molecule has 0 radical (unpaired) electrons. The molecule has 1 heterocycles. The lowest BCUT2D eigenvalue weighted by Gasteiger charge is -2.22. The lowest BCUT2D eigenvalue weighted by atomic mass is 9.97. The van der Waals surface area contributed by atoms with Crippen molar-refractivity contribution in [1.29, 1.82) is 0 Å². The first-order chi connectivity index (χ1) is 8.79. The van der Waals surface area contributed by atoms with Gasteiger partial charge in [-0.3, -0.25) is 0 Å². The molecular formula is C11H14N2O5S. The van der Waals surface area contributed by atoms with Crippen LogP contribution in [0.3, 0.4) is 0 Å². The summed E-state index contributed by atoms with van der Waals surface area (Å²) in [6, 6.07) is 1.44. The van der Waals surface area contributed by atoms with Gasteiger partial charge in [0.1, 0.15) is 11.3 Å². The van der Waals surface area contributed by atoms with E-state index in [1.54, 1.807) is 6.92 Å². The van der Waals surface area contributed by atoms with Crippen LogP contribution >= 0.6 is 0 Å². The van der Waals surface area contributed by atoms with E-state index in [0.717, 1.165) is 6.42 Å². The molecule has 0 saturated heterocycles. The Morgan fingerprint density at radius 1 is 1.47 bits per heavy atom. The molecule has 1 aliphatic rings. The number of nitrogen functional groups attached to an aromatic ring is 1. The minimum atomic E-state index is -4.36. The van der Waals surface area contributed by atoms with Gasteiger partial charge in [0.05, 0.1) is 6.61 Å². The highest BCUT2D eigenvalue weighted by Gasteiger charge is 2.26. The molecule has 0 spiro atoms. The molecule has 104 valence electrons. The molecular weight excluding hydrogens is 272 g/mol. The van der Waals surface area contributed by atoms with Gasteiger partial charge in [0.25, 0.3) is 0 Å². The van der Waals surface area contributed by atoms with E-state index in [4.69, 9.17) is 10.5 Å². The molecule has 1 aromatic rings. The van der Waals surface area contributed by atoms with Crippen molar-refractivity contribution in [2.45, 2.75) is 19.8 Å². The number of nitrogens with two attached hydrogens (primary N) is 2. The normalized spacial score (nSPS) is 14.4. The molecule has 8 heteroatoms. The summed E-state index contributed by atoms with van der Waals surface area (Å²) in [4.78, 5) is 11.8. The summed E-state index contributed by atoms with van der Waals surface area (Å²) in [6.07, 6.45) is 1.45. The third kappa shape index (κ3) is 2.79. The monoisotopic (exact) mass is 286 g/mol. The first-order valence-electron chi connectivity index (χ1n) is 5.61. The molecule has 1 aromatic carbocycles. The lowest BCUT2D eigenvalue weighted by Crippen LogP contribution is -2.22. The van der Waals surface area contributed by atoms with Crippen molar-refractivity contribution in [2.24, 2.45) is 5.14 Å². The third-order valence-corrected chi connectivity index (χ3v) is 3.24. The van der Waals surface area contributed by atoms with Crippen LogP contribution in [0.5, 0.6) is 5.75 Å². The van der Waals surface area contributed by atoms with Crippen LogP contribution in [0.4, 0.5) is 5.69 Å². The number of benzene rings is 1. The maximum absolute atomic E-state index is 11.8. The predicted octanol–water partition coefficient (Wildman–Crippen LogP) is 0.263. The van der Waals surface area contributed by atoms with E-state index < -0.39 is 16.3 Å². The van der Waals surface area contributed by atoms with E-state index in [1.165, 1.54) is 6.07 Å². The number of hydrogen-bond donors (Lipinski definition) is 2. The van der Waals surface area contributed by atoms with Gasteiger partial charge in [0.2, 0.25) is 0 Å². The zero-order valence-electron chi connectivity index (χ0n) is 10.3. The Bertz CT molecular complexity index is 639. The molecule has 0 bridgehead atoms. The molecule has 0 unspecified atom stereocenters. The highest BCUT2D eigenvalue weighted by molar-refractivity contribution is 7.84. The van der Waals surface area contributed by atoms with E-state index in [-0.39, 0.29) is 11.3 Å². The largest absolute Gasteiger partial charge is 0.492 e. The van der Waals surface area contributed by atoms with Gasteiger partial charge in [-0.2, -0.15) is 13.6 Å². The second kappa shape index (κ2) is 4.71. The Hall–Kier alpha value is -1.80. The van der Waals surface area contributed by atoms with Crippen LogP contribution in [0, 0.1) is 6.92 Å². The summed E-state index contributed by atoms with van der Waals surface area (Å²) in [7, 11) is -4.36. The molecule has 1 aliphatic heterocycles. The first-order valence-corrected chi connectivity index (χ1v) is 7.08. The van der Waals surface area contributed by atoms with Crippen molar-refractivity contribution in [1.82, 2.24) is 0 Å². The molecule has 0 saturated carbocycles. The van der Waals surface area contributed by atoms with E-state index in [0.29, 0.717) is 29.8 Å². The molecule has 0 fully saturated rings. The molecule has 7 nitrogen and oxygen atoms in total. The Morgan fingerprint density at radius 3 is 2.79 bits per heavy atom. The van der Waals surface area contributed by atoms with Crippen molar-refractivity contribution < 1.29 is 22.1 Å². The zero-order chi connectivity index (χ0) is 14.2. The van der Waals surface area contributed by atoms with Gasteiger partial charge in [-0.15, -0.1) is 0 Å². The number of carbonyl (C=O) groups is 1. The van der Waals surface area contributed by atoms with Gasteiger partial charge in [-0.25, -0.2) is 4.79 Å². The topological polar surface area (TPSA) is 122 Å². The number of rotatable bonds is 2. The SMILES string of the molecule is Cc1cc(C(=O)OS(N)(=O)=O)c2c(c1N)CCCO2. The van der Waals surface area contributed by atoms with Gasteiger partial charge in [0, 0.05) is 11.3 Å². The number of anilines is 1. The van der Waals surface area contributed by atoms with Gasteiger partial charge >= 0.3 is 16.3 Å². The maximum atomic E-state index is 11.8. The average molecular weight is 286 g/mol. The van der Waals surface area contributed by atoms with Crippen molar-refractivity contribution in [2.75, 3.05) is 12.3 Å². The highest BCUT2D eigenvalue weighted by atomic mass is 32.2. The Kier molecular flexibility index (Phi) is 3.38. The van der Waals surface area contributed by atoms with Gasteiger partial charge in [-0.1, -0.05) is 0 Å². The van der Waals surface area contributed by atoms with Crippen LogP contribution in [0.1, 0.15) is 27.9 Å². The van der Waals surface area contributed by atoms with Crippen LogP contribution in [-0.2, 0) is 20.9 Å². The minimum Gasteiger partial charge on any atom is -0.492 e. The Morgan fingerprint density at radius 2 is 2.16 bits per heavy atom. The van der Waals surface area contributed by atoms with Crippen LogP contribution in [0.2, 0.25) is 0 Å². The van der Waals surface area contributed by atoms with E-state index >= 15 is 0 Å². The first kappa shape index (κ1) is 13.6. The molecule has 0 amide bonds. The quantitative estimate of drug-likeness (QED) is 0.752. The standard InChI is InChI=1S/C11H14N2O5S/c1-6-5-8(11(14)18-19(13,15)16)10-7(9(6)12)3-2-4-17-10/h5H,2-4,12H2,1H3,(H2,13,15,16). The number of aryl methyl sites for hydroxylation is 1. The van der Waals surface area contributed by atoms with Crippen molar-refractivity contribution in [3.05, 3.63) is 22.8 Å². The summed E-state index contributed by atoms with van der Waals surface area (Å²) in [5.41, 5.74) is 7.85. The minimum absolute atomic E-state index is 0.0235. The van der Waals surface area contributed by atoms with Crippen molar-refractivity contribution >= 4 is 22.0 Å². The molecule has 0 aromatic heterocycles. The van der Waals surface area contributed by atoms with Crippen LogP contribution < -0.4 is 15.6 Å². The average Bonchev–Trinajstić information content (AvgIpc) is 2.31.